The van der Waals surface area contributed by atoms with Gasteiger partial charge in [0.25, 0.3) is 0 Å². The van der Waals surface area contributed by atoms with Crippen molar-refractivity contribution in [2.24, 2.45) is 0 Å². The molecule has 3 amide bonds. The molecule has 2 fully saturated rings. The van der Waals surface area contributed by atoms with Crippen LogP contribution in [0, 0.1) is 0 Å². The van der Waals surface area contributed by atoms with Gasteiger partial charge < -0.3 is 15.5 Å². The van der Waals surface area contributed by atoms with E-state index in [0.29, 0.717) is 25.6 Å². The number of carbonyl (C=O) groups excluding carboxylic acids is 2. The van der Waals surface area contributed by atoms with Crippen LogP contribution in [-0.4, -0.2) is 45.2 Å². The fraction of sp³-hybridized carbons (Fsp3) is 0.320. The van der Waals surface area contributed by atoms with Crippen LogP contribution in [0.2, 0.25) is 0 Å². The van der Waals surface area contributed by atoms with E-state index in [9.17, 15) is 9.59 Å². The first-order valence-electron chi connectivity index (χ1n) is 11.2. The Morgan fingerprint density at radius 3 is 2.41 bits per heavy atom. The lowest BCUT2D eigenvalue weighted by molar-refractivity contribution is -0.124. The normalized spacial score (nSPS) is 17.9. The summed E-state index contributed by atoms with van der Waals surface area (Å²) < 4.78 is 1.84. The van der Waals surface area contributed by atoms with E-state index in [-0.39, 0.29) is 18.0 Å². The van der Waals surface area contributed by atoms with Gasteiger partial charge in [-0.15, -0.1) is 0 Å². The minimum Gasteiger partial charge on any atom is -0.352 e. The zero-order valence-corrected chi connectivity index (χ0v) is 17.9. The van der Waals surface area contributed by atoms with Crippen LogP contribution < -0.4 is 10.6 Å². The minimum atomic E-state index is -0.378. The van der Waals surface area contributed by atoms with Gasteiger partial charge in [0.15, 0.2) is 0 Å². The molecule has 1 aromatic heterocycles. The van der Waals surface area contributed by atoms with Gasteiger partial charge in [-0.2, -0.15) is 5.10 Å². The van der Waals surface area contributed by atoms with Crippen LogP contribution in [0.3, 0.4) is 0 Å². The van der Waals surface area contributed by atoms with E-state index in [4.69, 9.17) is 5.10 Å². The van der Waals surface area contributed by atoms with E-state index in [1.807, 2.05) is 71.5 Å². The van der Waals surface area contributed by atoms with Crippen molar-refractivity contribution in [1.29, 1.82) is 0 Å². The average Bonchev–Trinajstić information content (AvgIpc) is 3.34. The highest BCUT2D eigenvalue weighted by molar-refractivity contribution is 5.88. The summed E-state index contributed by atoms with van der Waals surface area (Å²) in [5.74, 6) is -0.0259. The standard InChI is InChI=1S/C25H27N5O2/c31-24(27-20-13-14-20)22-12-7-15-29(22)25(32)26-16-19-17-30(21-10-5-2-6-11-21)28-23(19)18-8-3-1-4-9-18/h1-6,8-11,17,20,22H,7,12-16H2,(H,26,32)(H,27,31). The lowest BCUT2D eigenvalue weighted by Gasteiger charge is -2.24. The largest absolute Gasteiger partial charge is 0.352 e. The highest BCUT2D eigenvalue weighted by Gasteiger charge is 2.36. The maximum atomic E-state index is 13.0. The smallest absolute Gasteiger partial charge is 0.318 e. The van der Waals surface area contributed by atoms with Gasteiger partial charge in [0.05, 0.1) is 11.4 Å². The number of urea groups is 1. The van der Waals surface area contributed by atoms with Gasteiger partial charge in [0, 0.05) is 36.5 Å². The molecule has 0 bridgehead atoms. The van der Waals surface area contributed by atoms with Gasteiger partial charge in [-0.1, -0.05) is 48.5 Å². The lowest BCUT2D eigenvalue weighted by atomic mass is 10.1. The number of para-hydroxylation sites is 1. The van der Waals surface area contributed by atoms with Crippen LogP contribution in [-0.2, 0) is 11.3 Å². The van der Waals surface area contributed by atoms with Crippen molar-refractivity contribution in [3.63, 3.8) is 0 Å². The monoisotopic (exact) mass is 429 g/mol. The SMILES string of the molecule is O=C(NC1CC1)C1CCCN1C(=O)NCc1cn(-c2ccccc2)nc1-c1ccccc1. The number of hydrogen-bond donors (Lipinski definition) is 2. The average molecular weight is 430 g/mol. The summed E-state index contributed by atoms with van der Waals surface area (Å²) in [6, 6.07) is 19.6. The molecule has 5 rings (SSSR count). The van der Waals surface area contributed by atoms with Gasteiger partial charge in [-0.25, -0.2) is 9.48 Å². The van der Waals surface area contributed by atoms with Crippen molar-refractivity contribution >= 4 is 11.9 Å². The number of amides is 3. The first-order valence-corrected chi connectivity index (χ1v) is 11.2. The summed E-state index contributed by atoms with van der Waals surface area (Å²) in [6.07, 6.45) is 5.60. The van der Waals surface area contributed by atoms with E-state index in [1.165, 1.54) is 0 Å². The molecule has 7 heteroatoms. The molecule has 2 aliphatic rings. The molecule has 1 atom stereocenters. The highest BCUT2D eigenvalue weighted by Crippen LogP contribution is 2.25. The van der Waals surface area contributed by atoms with Crippen molar-refractivity contribution in [3.8, 4) is 16.9 Å². The fourth-order valence-corrected chi connectivity index (χ4v) is 4.17. The molecular weight excluding hydrogens is 402 g/mol. The Morgan fingerprint density at radius 1 is 0.969 bits per heavy atom. The summed E-state index contributed by atoms with van der Waals surface area (Å²) in [4.78, 5) is 27.2. The van der Waals surface area contributed by atoms with Crippen molar-refractivity contribution < 1.29 is 9.59 Å². The molecule has 164 valence electrons. The van der Waals surface area contributed by atoms with E-state index >= 15 is 0 Å². The van der Waals surface area contributed by atoms with Crippen LogP contribution in [0.1, 0.15) is 31.2 Å². The van der Waals surface area contributed by atoms with Gasteiger partial charge >= 0.3 is 6.03 Å². The molecule has 2 heterocycles. The molecule has 1 aliphatic carbocycles. The molecule has 0 spiro atoms. The number of carbonyl (C=O) groups is 2. The summed E-state index contributed by atoms with van der Waals surface area (Å²) in [5.41, 5.74) is 3.71. The molecule has 0 radical (unpaired) electrons. The quantitative estimate of drug-likeness (QED) is 0.630. The first kappa shape index (κ1) is 20.3. The maximum absolute atomic E-state index is 13.0. The Morgan fingerprint density at radius 2 is 1.69 bits per heavy atom. The van der Waals surface area contributed by atoms with Gasteiger partial charge in [-0.05, 0) is 37.8 Å². The summed E-state index contributed by atoms with van der Waals surface area (Å²) in [7, 11) is 0. The second kappa shape index (κ2) is 8.86. The zero-order chi connectivity index (χ0) is 21.9. The van der Waals surface area contributed by atoms with Gasteiger partial charge in [0.1, 0.15) is 6.04 Å². The molecule has 1 saturated heterocycles. The predicted molar refractivity (Wildman–Crippen MR) is 122 cm³/mol. The van der Waals surface area contributed by atoms with E-state index in [1.54, 1.807) is 4.90 Å². The molecule has 3 aromatic rings. The summed E-state index contributed by atoms with van der Waals surface area (Å²) in [6.45, 7) is 0.937. The molecule has 2 N–H and O–H groups in total. The van der Waals surface area contributed by atoms with E-state index < -0.39 is 0 Å². The number of likely N-dealkylation sites (tertiary alicyclic amines) is 1. The zero-order valence-electron chi connectivity index (χ0n) is 17.9. The van der Waals surface area contributed by atoms with Gasteiger partial charge in [0.2, 0.25) is 5.91 Å². The Balaban J connectivity index is 1.33. The summed E-state index contributed by atoms with van der Waals surface area (Å²) in [5, 5.41) is 10.9. The second-order valence-electron chi connectivity index (χ2n) is 8.44. The van der Waals surface area contributed by atoms with Crippen LogP contribution in [0.5, 0.6) is 0 Å². The van der Waals surface area contributed by atoms with Crippen LogP contribution in [0.25, 0.3) is 16.9 Å². The molecule has 1 unspecified atom stereocenters. The molecule has 1 saturated carbocycles. The van der Waals surface area contributed by atoms with Crippen LogP contribution in [0.15, 0.2) is 66.9 Å². The molecule has 32 heavy (non-hydrogen) atoms. The lowest BCUT2D eigenvalue weighted by Crippen LogP contribution is -2.49. The van der Waals surface area contributed by atoms with Crippen molar-refractivity contribution in [3.05, 3.63) is 72.4 Å². The number of nitrogens with one attached hydrogen (secondary N) is 2. The molecule has 7 nitrogen and oxygen atoms in total. The highest BCUT2D eigenvalue weighted by atomic mass is 16.2. The summed E-state index contributed by atoms with van der Waals surface area (Å²) >= 11 is 0. The Labute approximate surface area is 187 Å². The number of aromatic nitrogens is 2. The van der Waals surface area contributed by atoms with Crippen LogP contribution >= 0.6 is 0 Å². The molecule has 1 aliphatic heterocycles. The number of rotatable bonds is 6. The number of hydrogen-bond acceptors (Lipinski definition) is 3. The third-order valence-corrected chi connectivity index (χ3v) is 6.03. The van der Waals surface area contributed by atoms with Gasteiger partial charge in [-0.3, -0.25) is 4.79 Å². The fourth-order valence-electron chi connectivity index (χ4n) is 4.17. The number of nitrogens with zero attached hydrogens (tertiary/aromatic N) is 3. The Kier molecular flexibility index (Phi) is 5.62. The Hall–Kier alpha value is -3.61. The van der Waals surface area contributed by atoms with Crippen molar-refractivity contribution in [2.75, 3.05) is 6.54 Å². The minimum absolute atomic E-state index is 0.0259. The predicted octanol–water partition coefficient (Wildman–Crippen LogP) is 3.49. The maximum Gasteiger partial charge on any atom is 0.318 e. The van der Waals surface area contributed by atoms with E-state index in [0.717, 1.165) is 41.8 Å². The van der Waals surface area contributed by atoms with Crippen LogP contribution in [0.4, 0.5) is 4.79 Å². The topological polar surface area (TPSA) is 79.3 Å². The first-order chi connectivity index (χ1) is 15.7. The Bertz CT molecular complexity index is 1090. The van der Waals surface area contributed by atoms with Crippen molar-refractivity contribution in [1.82, 2.24) is 25.3 Å². The number of benzene rings is 2. The third kappa shape index (κ3) is 4.37. The molecule has 2 aromatic carbocycles. The second-order valence-corrected chi connectivity index (χ2v) is 8.44. The molecular formula is C25H27N5O2. The third-order valence-electron chi connectivity index (χ3n) is 6.03. The van der Waals surface area contributed by atoms with E-state index in [2.05, 4.69) is 10.6 Å². The van der Waals surface area contributed by atoms with Crippen molar-refractivity contribution in [2.45, 2.75) is 44.3 Å².